The molecule has 0 atom stereocenters. The Morgan fingerprint density at radius 3 is 2.43 bits per heavy atom. The predicted octanol–water partition coefficient (Wildman–Crippen LogP) is 3.02. The molecule has 0 unspecified atom stereocenters. The Labute approximate surface area is 174 Å². The van der Waals surface area contributed by atoms with Crippen LogP contribution >= 0.6 is 0 Å². The maximum Gasteiger partial charge on any atom is 0.267 e. The first-order valence-corrected chi connectivity index (χ1v) is 11.2. The molecule has 4 rings (SSSR count). The van der Waals surface area contributed by atoms with E-state index < -0.39 is 20.3 Å². The largest absolute Gasteiger partial charge is 0.356 e. The van der Waals surface area contributed by atoms with E-state index in [0.717, 1.165) is 32.4 Å². The number of rotatable bonds is 4. The number of allylic oxidation sites excluding steroid dienone is 1. The number of benzene rings is 1. The third-order valence-electron chi connectivity index (χ3n) is 5.13. The van der Waals surface area contributed by atoms with Crippen LogP contribution in [-0.2, 0) is 9.84 Å². The van der Waals surface area contributed by atoms with Gasteiger partial charge in [-0.1, -0.05) is 24.3 Å². The average Bonchev–Trinajstić information content (AvgIpc) is 2.79. The minimum Gasteiger partial charge on any atom is -0.356 e. The van der Waals surface area contributed by atoms with Crippen LogP contribution in [0.1, 0.15) is 24.8 Å². The maximum atomic E-state index is 13.3. The van der Waals surface area contributed by atoms with E-state index in [-0.39, 0.29) is 10.5 Å². The lowest BCUT2D eigenvalue weighted by Gasteiger charge is -2.29. The van der Waals surface area contributed by atoms with E-state index in [1.807, 2.05) is 4.90 Å². The first-order valence-electron chi connectivity index (χ1n) is 9.70. The van der Waals surface area contributed by atoms with Crippen LogP contribution in [0.5, 0.6) is 0 Å². The van der Waals surface area contributed by atoms with E-state index in [1.54, 1.807) is 48.7 Å². The van der Waals surface area contributed by atoms with Gasteiger partial charge in [-0.3, -0.25) is 9.20 Å². The molecule has 1 aromatic carbocycles. The first kappa shape index (κ1) is 19.9. The van der Waals surface area contributed by atoms with E-state index in [2.05, 4.69) is 4.98 Å². The van der Waals surface area contributed by atoms with Gasteiger partial charge in [-0.2, -0.15) is 5.26 Å². The molecule has 0 N–H and O–H groups in total. The molecule has 0 bridgehead atoms. The number of aromatic nitrogens is 2. The van der Waals surface area contributed by atoms with Crippen molar-refractivity contribution in [3.8, 4) is 6.07 Å². The summed E-state index contributed by atoms with van der Waals surface area (Å²) in [6, 6.07) is 14.7. The second kappa shape index (κ2) is 8.13. The summed E-state index contributed by atoms with van der Waals surface area (Å²) in [5.41, 5.74) is 0.179. The van der Waals surface area contributed by atoms with Crippen molar-refractivity contribution in [3.05, 3.63) is 75.6 Å². The molecule has 3 heterocycles. The van der Waals surface area contributed by atoms with Gasteiger partial charge in [0.25, 0.3) is 5.56 Å². The quantitative estimate of drug-likeness (QED) is 0.602. The zero-order valence-electron chi connectivity index (χ0n) is 16.2. The lowest BCUT2D eigenvalue weighted by molar-refractivity contribution is 0.573. The maximum absolute atomic E-state index is 13.3. The van der Waals surface area contributed by atoms with E-state index in [1.165, 1.54) is 22.6 Å². The van der Waals surface area contributed by atoms with Gasteiger partial charge < -0.3 is 4.90 Å². The SMILES string of the molecule is N#C/C(=C\c1c(N2CCCCC2)nc2ccccn2c1=O)S(=O)(=O)c1ccccc1. The number of pyridine rings is 1. The number of fused-ring (bicyclic) bond motifs is 1. The Kier molecular flexibility index (Phi) is 5.38. The normalized spacial score (nSPS) is 15.2. The molecular weight excluding hydrogens is 400 g/mol. The van der Waals surface area contributed by atoms with Crippen molar-refractivity contribution >= 4 is 27.4 Å². The Hall–Kier alpha value is -3.44. The molecule has 1 aliphatic rings. The number of hydrogen-bond donors (Lipinski definition) is 0. The monoisotopic (exact) mass is 420 g/mol. The Morgan fingerprint density at radius 2 is 1.73 bits per heavy atom. The highest BCUT2D eigenvalue weighted by molar-refractivity contribution is 7.95. The molecular formula is C22H20N4O3S. The zero-order chi connectivity index (χ0) is 21.1. The van der Waals surface area contributed by atoms with Crippen LogP contribution in [0.15, 0.2) is 69.3 Å². The average molecular weight is 420 g/mol. The summed E-state index contributed by atoms with van der Waals surface area (Å²) < 4.78 is 27.4. The lowest BCUT2D eigenvalue weighted by Crippen LogP contribution is -2.33. The summed E-state index contributed by atoms with van der Waals surface area (Å²) in [5.74, 6) is 0.418. The molecule has 0 amide bonds. The summed E-state index contributed by atoms with van der Waals surface area (Å²) >= 11 is 0. The Bertz CT molecular complexity index is 1320. The van der Waals surface area contributed by atoms with Crippen LogP contribution in [0.2, 0.25) is 0 Å². The van der Waals surface area contributed by atoms with Gasteiger partial charge in [-0.25, -0.2) is 13.4 Å². The second-order valence-corrected chi connectivity index (χ2v) is 8.99. The van der Waals surface area contributed by atoms with Gasteiger partial charge >= 0.3 is 0 Å². The number of nitrogens with zero attached hydrogens (tertiary/aromatic N) is 4. The van der Waals surface area contributed by atoms with Gasteiger partial charge in [0.2, 0.25) is 9.84 Å². The molecule has 2 aromatic heterocycles. The van der Waals surface area contributed by atoms with E-state index in [9.17, 15) is 18.5 Å². The van der Waals surface area contributed by atoms with Crippen molar-refractivity contribution in [1.82, 2.24) is 9.38 Å². The van der Waals surface area contributed by atoms with Crippen LogP contribution in [0.4, 0.5) is 5.82 Å². The standard InChI is InChI=1S/C22H20N4O3S/c23-16-18(30(28,29)17-9-3-1-4-10-17)15-19-21(25-12-6-2-7-13-25)24-20-11-5-8-14-26(20)22(19)27/h1,3-5,8-11,14-15H,2,6-7,12-13H2/b18-15+. The fraction of sp³-hybridized carbons (Fsp3) is 0.227. The number of nitriles is 1. The molecule has 0 aliphatic carbocycles. The topological polar surface area (TPSA) is 95.5 Å². The zero-order valence-corrected chi connectivity index (χ0v) is 17.0. The van der Waals surface area contributed by atoms with Gasteiger partial charge in [0, 0.05) is 19.3 Å². The van der Waals surface area contributed by atoms with Crippen molar-refractivity contribution in [2.45, 2.75) is 24.2 Å². The molecule has 0 saturated carbocycles. The van der Waals surface area contributed by atoms with Crippen molar-refractivity contribution in [1.29, 1.82) is 5.26 Å². The van der Waals surface area contributed by atoms with Gasteiger partial charge in [0.05, 0.1) is 10.5 Å². The van der Waals surface area contributed by atoms with Crippen molar-refractivity contribution in [2.24, 2.45) is 0 Å². The van der Waals surface area contributed by atoms with E-state index >= 15 is 0 Å². The molecule has 0 spiro atoms. The summed E-state index contributed by atoms with van der Waals surface area (Å²) in [7, 11) is -4.06. The highest BCUT2D eigenvalue weighted by atomic mass is 32.2. The van der Waals surface area contributed by atoms with Crippen LogP contribution in [-0.4, -0.2) is 30.9 Å². The lowest BCUT2D eigenvalue weighted by atomic mass is 10.1. The molecule has 1 aliphatic heterocycles. The minimum atomic E-state index is -4.06. The number of anilines is 1. The van der Waals surface area contributed by atoms with E-state index in [4.69, 9.17) is 0 Å². The van der Waals surface area contributed by atoms with Crippen molar-refractivity contribution in [3.63, 3.8) is 0 Å². The molecule has 0 radical (unpaired) electrons. The fourth-order valence-corrected chi connectivity index (χ4v) is 4.75. The molecule has 8 heteroatoms. The smallest absolute Gasteiger partial charge is 0.267 e. The summed E-state index contributed by atoms with van der Waals surface area (Å²) in [4.78, 5) is 19.4. The van der Waals surface area contributed by atoms with Crippen LogP contribution in [0.25, 0.3) is 11.7 Å². The molecule has 7 nitrogen and oxygen atoms in total. The Morgan fingerprint density at radius 1 is 1.03 bits per heavy atom. The van der Waals surface area contributed by atoms with Gasteiger partial charge in [0.1, 0.15) is 22.4 Å². The molecule has 1 fully saturated rings. The van der Waals surface area contributed by atoms with Gasteiger partial charge in [-0.15, -0.1) is 0 Å². The van der Waals surface area contributed by atoms with Crippen LogP contribution < -0.4 is 10.5 Å². The number of sulfone groups is 1. The summed E-state index contributed by atoms with van der Waals surface area (Å²) in [5, 5.41) is 9.65. The van der Waals surface area contributed by atoms with E-state index in [0.29, 0.717) is 11.5 Å². The predicted molar refractivity (Wildman–Crippen MR) is 115 cm³/mol. The molecule has 30 heavy (non-hydrogen) atoms. The van der Waals surface area contributed by atoms with Crippen LogP contribution in [0, 0.1) is 11.3 Å². The first-order chi connectivity index (χ1) is 14.5. The fourth-order valence-electron chi connectivity index (χ4n) is 3.59. The highest BCUT2D eigenvalue weighted by Crippen LogP contribution is 2.26. The molecule has 152 valence electrons. The summed E-state index contributed by atoms with van der Waals surface area (Å²) in [6.45, 7) is 1.45. The van der Waals surface area contributed by atoms with Crippen LogP contribution in [0.3, 0.4) is 0 Å². The molecule has 3 aromatic rings. The third-order valence-corrected chi connectivity index (χ3v) is 6.81. The minimum absolute atomic E-state index is 0.00572. The highest BCUT2D eigenvalue weighted by Gasteiger charge is 2.24. The van der Waals surface area contributed by atoms with Gasteiger partial charge in [0.15, 0.2) is 0 Å². The second-order valence-electron chi connectivity index (χ2n) is 7.07. The number of piperidine rings is 1. The van der Waals surface area contributed by atoms with Crippen molar-refractivity contribution < 1.29 is 8.42 Å². The number of hydrogen-bond acceptors (Lipinski definition) is 6. The summed E-state index contributed by atoms with van der Waals surface area (Å²) in [6.07, 6.45) is 5.78. The van der Waals surface area contributed by atoms with Crippen molar-refractivity contribution in [2.75, 3.05) is 18.0 Å². The molecule has 1 saturated heterocycles. The Balaban J connectivity index is 1.95. The van der Waals surface area contributed by atoms with Gasteiger partial charge in [-0.05, 0) is 49.6 Å². The third kappa shape index (κ3) is 3.60.